The molecule has 0 aliphatic carbocycles. The highest BCUT2D eigenvalue weighted by atomic mass is 31.2. The minimum absolute atomic E-state index is 0.0488. The standard InChI is InChI=1S/C68H124NO8P/c1-3-5-7-9-11-13-15-17-19-21-23-25-27-29-30-31-32-33-34-35-37-38-40-42-44-46-48-50-52-54-56-58-60-67(70)74-64-66(65-76-78(72,73)75-63-62-69)77-68(71)61-59-57-55-53-51-49-47-45-43-41-39-36-28-26-24-22-20-18-16-14-12-10-8-6-4-2/h6,8,12,14,18,20,24,26,36,39,43,45,66H,3-5,7,9-11,13,15-17,19,21-23,25,27-35,37-38,40-42,44,46-65,69H2,1-2H3,(H,72,73)/b8-6-,14-12-,20-18-,26-24-,39-36-,45-43-. The lowest BCUT2D eigenvalue weighted by Gasteiger charge is -2.19. The molecule has 0 amide bonds. The minimum Gasteiger partial charge on any atom is -0.462 e. The lowest BCUT2D eigenvalue weighted by atomic mass is 10.0. The highest BCUT2D eigenvalue weighted by molar-refractivity contribution is 7.47. The van der Waals surface area contributed by atoms with E-state index < -0.39 is 26.5 Å². The molecule has 9 nitrogen and oxygen atoms in total. The number of phosphoric ester groups is 1. The number of nitrogens with two attached hydrogens (primary N) is 1. The van der Waals surface area contributed by atoms with Gasteiger partial charge in [0.1, 0.15) is 6.61 Å². The predicted molar refractivity (Wildman–Crippen MR) is 335 cm³/mol. The van der Waals surface area contributed by atoms with Crippen molar-refractivity contribution in [2.75, 3.05) is 26.4 Å². The Morgan fingerprint density at radius 2 is 0.705 bits per heavy atom. The van der Waals surface area contributed by atoms with E-state index in [2.05, 4.69) is 86.8 Å². The largest absolute Gasteiger partial charge is 0.472 e. The number of ether oxygens (including phenoxy) is 2. The summed E-state index contributed by atoms with van der Waals surface area (Å²) in [6.07, 6.45) is 82.8. The van der Waals surface area contributed by atoms with Gasteiger partial charge in [0.2, 0.25) is 0 Å². The van der Waals surface area contributed by atoms with Crippen molar-refractivity contribution in [1.29, 1.82) is 0 Å². The van der Waals surface area contributed by atoms with Gasteiger partial charge < -0.3 is 20.1 Å². The van der Waals surface area contributed by atoms with Gasteiger partial charge in [-0.1, -0.05) is 311 Å². The van der Waals surface area contributed by atoms with Crippen LogP contribution < -0.4 is 5.73 Å². The van der Waals surface area contributed by atoms with Gasteiger partial charge in [-0.15, -0.1) is 0 Å². The molecule has 0 fully saturated rings. The number of allylic oxidation sites excluding steroid dienone is 12. The number of hydrogen-bond acceptors (Lipinski definition) is 8. The fourth-order valence-electron chi connectivity index (χ4n) is 9.53. The summed E-state index contributed by atoms with van der Waals surface area (Å²) in [4.78, 5) is 35.3. The summed E-state index contributed by atoms with van der Waals surface area (Å²) in [5.74, 6) is -0.835. The van der Waals surface area contributed by atoms with E-state index in [0.29, 0.717) is 6.42 Å². The van der Waals surface area contributed by atoms with Crippen molar-refractivity contribution in [2.24, 2.45) is 5.73 Å². The smallest absolute Gasteiger partial charge is 0.462 e. The zero-order chi connectivity index (χ0) is 56.6. The molecule has 0 saturated carbocycles. The maximum Gasteiger partial charge on any atom is 0.472 e. The Hall–Kier alpha value is -2.55. The first kappa shape index (κ1) is 75.5. The summed E-state index contributed by atoms with van der Waals surface area (Å²) in [6.45, 7) is 3.65. The van der Waals surface area contributed by atoms with Gasteiger partial charge in [-0.25, -0.2) is 4.57 Å². The highest BCUT2D eigenvalue weighted by Gasteiger charge is 2.26. The monoisotopic (exact) mass is 1110 g/mol. The molecular formula is C68H124NO8P. The highest BCUT2D eigenvalue weighted by Crippen LogP contribution is 2.43. The van der Waals surface area contributed by atoms with Gasteiger partial charge in [0, 0.05) is 19.4 Å². The third-order valence-corrected chi connectivity index (χ3v) is 15.3. The number of rotatable bonds is 62. The normalized spacial score (nSPS) is 13.4. The maximum absolute atomic E-state index is 12.7. The van der Waals surface area contributed by atoms with Gasteiger partial charge in [-0.3, -0.25) is 18.6 Å². The van der Waals surface area contributed by atoms with E-state index in [0.717, 1.165) is 96.3 Å². The quantitative estimate of drug-likeness (QED) is 0.0264. The summed E-state index contributed by atoms with van der Waals surface area (Å²) < 4.78 is 33.1. The summed E-state index contributed by atoms with van der Waals surface area (Å²) in [7, 11) is -4.40. The van der Waals surface area contributed by atoms with E-state index in [-0.39, 0.29) is 38.6 Å². The van der Waals surface area contributed by atoms with Gasteiger partial charge in [0.15, 0.2) is 6.10 Å². The number of unbranched alkanes of at least 4 members (excludes halogenated alkanes) is 37. The number of phosphoric acid groups is 1. The maximum atomic E-state index is 12.7. The molecule has 78 heavy (non-hydrogen) atoms. The first-order valence-electron chi connectivity index (χ1n) is 32.9. The van der Waals surface area contributed by atoms with Crippen LogP contribution in [-0.2, 0) is 32.7 Å². The molecule has 0 bridgehead atoms. The Morgan fingerprint density at radius 3 is 1.05 bits per heavy atom. The molecule has 0 aliphatic heterocycles. The van der Waals surface area contributed by atoms with Gasteiger partial charge in [0.25, 0.3) is 0 Å². The Balaban J connectivity index is 3.89. The van der Waals surface area contributed by atoms with Gasteiger partial charge in [0.05, 0.1) is 13.2 Å². The third-order valence-electron chi connectivity index (χ3n) is 14.4. The predicted octanol–water partition coefficient (Wildman–Crippen LogP) is 21.2. The fraction of sp³-hybridized carbons (Fsp3) is 0.794. The number of carbonyl (C=O) groups excluding carboxylic acids is 2. The van der Waals surface area contributed by atoms with E-state index in [1.165, 1.54) is 186 Å². The molecule has 0 aromatic rings. The molecule has 0 aromatic heterocycles. The van der Waals surface area contributed by atoms with Crippen molar-refractivity contribution in [2.45, 2.75) is 322 Å². The molecule has 0 aromatic carbocycles. The van der Waals surface area contributed by atoms with E-state index in [1.54, 1.807) is 0 Å². The first-order chi connectivity index (χ1) is 38.3. The van der Waals surface area contributed by atoms with Crippen LogP contribution in [0.15, 0.2) is 72.9 Å². The molecule has 2 atom stereocenters. The van der Waals surface area contributed by atoms with Crippen LogP contribution >= 0.6 is 7.82 Å². The summed E-state index contributed by atoms with van der Waals surface area (Å²) >= 11 is 0. The zero-order valence-corrected chi connectivity index (χ0v) is 51.8. The van der Waals surface area contributed by atoms with Gasteiger partial charge >= 0.3 is 19.8 Å². The van der Waals surface area contributed by atoms with E-state index in [1.807, 2.05) is 0 Å². The molecule has 454 valence electrons. The van der Waals surface area contributed by atoms with E-state index >= 15 is 0 Å². The first-order valence-corrected chi connectivity index (χ1v) is 34.4. The van der Waals surface area contributed by atoms with Crippen molar-refractivity contribution in [3.63, 3.8) is 0 Å². The van der Waals surface area contributed by atoms with E-state index in [4.69, 9.17) is 24.3 Å². The molecule has 0 rings (SSSR count). The van der Waals surface area contributed by atoms with Crippen LogP contribution in [0.4, 0.5) is 0 Å². The van der Waals surface area contributed by atoms with Crippen molar-refractivity contribution < 1.29 is 37.6 Å². The topological polar surface area (TPSA) is 134 Å². The molecule has 0 saturated heterocycles. The van der Waals surface area contributed by atoms with Crippen molar-refractivity contribution >= 4 is 19.8 Å². The van der Waals surface area contributed by atoms with Crippen LogP contribution in [0.5, 0.6) is 0 Å². The second-order valence-corrected chi connectivity index (χ2v) is 23.4. The molecule has 0 aliphatic rings. The van der Waals surface area contributed by atoms with Crippen molar-refractivity contribution in [3.05, 3.63) is 72.9 Å². The minimum atomic E-state index is -4.40. The summed E-state index contributed by atoms with van der Waals surface area (Å²) in [6, 6.07) is 0. The summed E-state index contributed by atoms with van der Waals surface area (Å²) in [5.41, 5.74) is 5.39. The average Bonchev–Trinajstić information content (AvgIpc) is 3.43. The second-order valence-electron chi connectivity index (χ2n) is 22.0. The van der Waals surface area contributed by atoms with Gasteiger partial charge in [-0.2, -0.15) is 0 Å². The molecule has 0 heterocycles. The molecule has 3 N–H and O–H groups in total. The molecule has 10 heteroatoms. The fourth-order valence-corrected chi connectivity index (χ4v) is 10.3. The summed E-state index contributed by atoms with van der Waals surface area (Å²) in [5, 5.41) is 0. The van der Waals surface area contributed by atoms with Crippen LogP contribution in [0, 0.1) is 0 Å². The second kappa shape index (κ2) is 63.6. The lowest BCUT2D eigenvalue weighted by molar-refractivity contribution is -0.161. The van der Waals surface area contributed by atoms with Gasteiger partial charge in [-0.05, 0) is 64.2 Å². The van der Waals surface area contributed by atoms with Crippen LogP contribution in [0.25, 0.3) is 0 Å². The number of hydrogen-bond donors (Lipinski definition) is 2. The number of esters is 2. The van der Waals surface area contributed by atoms with Crippen LogP contribution in [0.2, 0.25) is 0 Å². The number of carbonyl (C=O) groups is 2. The molecule has 0 spiro atoms. The van der Waals surface area contributed by atoms with Crippen LogP contribution in [-0.4, -0.2) is 49.3 Å². The van der Waals surface area contributed by atoms with Crippen molar-refractivity contribution in [1.82, 2.24) is 0 Å². The van der Waals surface area contributed by atoms with Crippen LogP contribution in [0.1, 0.15) is 316 Å². The molecule has 0 radical (unpaired) electrons. The Labute approximate surface area is 482 Å². The lowest BCUT2D eigenvalue weighted by Crippen LogP contribution is -2.29. The van der Waals surface area contributed by atoms with Crippen LogP contribution in [0.3, 0.4) is 0 Å². The zero-order valence-electron chi connectivity index (χ0n) is 50.9. The SMILES string of the molecule is CC/C=C\C/C=C\C/C=C\C/C=C\C/C=C\C/C=C\CCCCCCCCC(=O)OC(COC(=O)CCCCCCCCCCCCCCCCCCCCCCCCCCCCCCCCCC)COP(=O)(O)OCCN. The molecule has 2 unspecified atom stereocenters. The Morgan fingerprint density at radius 1 is 0.397 bits per heavy atom. The Kier molecular flexibility index (Phi) is 61.5. The molecular weight excluding hydrogens is 990 g/mol. The van der Waals surface area contributed by atoms with E-state index in [9.17, 15) is 19.0 Å². The third kappa shape index (κ3) is 62.6. The average molecular weight is 1110 g/mol. The van der Waals surface area contributed by atoms with Crippen molar-refractivity contribution in [3.8, 4) is 0 Å². The Bertz CT molecular complexity index is 1510.